The van der Waals surface area contributed by atoms with Crippen LogP contribution in [-0.2, 0) is 0 Å². The van der Waals surface area contributed by atoms with Gasteiger partial charge in [0.2, 0.25) is 0 Å². The van der Waals surface area contributed by atoms with Crippen molar-refractivity contribution in [2.24, 2.45) is 0 Å². The number of piperidine rings is 1. The van der Waals surface area contributed by atoms with Gasteiger partial charge in [-0.2, -0.15) is 5.10 Å². The number of halogens is 1. The summed E-state index contributed by atoms with van der Waals surface area (Å²) < 4.78 is 12.3. The van der Waals surface area contributed by atoms with Crippen LogP contribution in [0.15, 0.2) is 24.4 Å². The van der Waals surface area contributed by atoms with Gasteiger partial charge in [-0.25, -0.2) is 4.39 Å². The molecule has 0 atom stereocenters. The van der Waals surface area contributed by atoms with E-state index in [4.69, 9.17) is 0 Å². The first-order valence-electron chi connectivity index (χ1n) is 6.83. The number of alkyl halides is 1. The molecule has 0 unspecified atom stereocenters. The Bertz CT molecular complexity index is 531. The number of aromatic nitrogens is 2. The zero-order valence-corrected chi connectivity index (χ0v) is 10.9. The van der Waals surface area contributed by atoms with Crippen LogP contribution in [0.4, 0.5) is 10.1 Å². The van der Waals surface area contributed by atoms with E-state index in [1.165, 1.54) is 0 Å². The third-order valence-corrected chi connectivity index (χ3v) is 3.80. The second-order valence-corrected chi connectivity index (χ2v) is 5.12. The smallest absolute Gasteiger partial charge is 0.102 e. The molecule has 1 aromatic heterocycles. The minimum atomic E-state index is -0.241. The summed E-state index contributed by atoms with van der Waals surface area (Å²) in [5.74, 6) is 0. The number of fused-ring (bicyclic) bond motifs is 1. The van der Waals surface area contributed by atoms with Crippen LogP contribution < -0.4 is 5.32 Å². The van der Waals surface area contributed by atoms with Gasteiger partial charge in [0, 0.05) is 36.7 Å². The Morgan fingerprint density at radius 1 is 1.37 bits per heavy atom. The average Bonchev–Trinajstić information content (AvgIpc) is 2.89. The number of nitrogens with zero attached hydrogens (tertiary/aromatic N) is 2. The fourth-order valence-electron chi connectivity index (χ4n) is 2.69. The first-order chi connectivity index (χ1) is 9.35. The second-order valence-electron chi connectivity index (χ2n) is 5.12. The average molecular weight is 262 g/mol. The van der Waals surface area contributed by atoms with Crippen molar-refractivity contribution in [3.63, 3.8) is 0 Å². The number of hydrogen-bond donors (Lipinski definition) is 2. The van der Waals surface area contributed by atoms with E-state index in [1.54, 1.807) is 0 Å². The Labute approximate surface area is 112 Å². The summed E-state index contributed by atoms with van der Waals surface area (Å²) in [6.07, 6.45) is 3.98. The lowest BCUT2D eigenvalue weighted by Gasteiger charge is -2.32. The molecule has 1 fully saturated rings. The predicted octanol–water partition coefficient (Wildman–Crippen LogP) is 2.41. The van der Waals surface area contributed by atoms with Gasteiger partial charge < -0.3 is 10.2 Å². The Morgan fingerprint density at radius 2 is 2.21 bits per heavy atom. The standard InChI is InChI=1S/C14H19FN4/c15-5-8-19-6-3-12(4-7-19)17-13-1-2-14-11(9-13)10-16-18-14/h1-2,9-10,12,17H,3-8H2,(H,16,18). The molecular formula is C14H19FN4. The van der Waals surface area contributed by atoms with Gasteiger partial charge in [-0.1, -0.05) is 0 Å². The highest BCUT2D eigenvalue weighted by molar-refractivity contribution is 5.81. The summed E-state index contributed by atoms with van der Waals surface area (Å²) in [4.78, 5) is 2.19. The Kier molecular flexibility index (Phi) is 3.64. The first-order valence-corrected chi connectivity index (χ1v) is 6.83. The van der Waals surface area contributed by atoms with Crippen LogP contribution in [0.5, 0.6) is 0 Å². The van der Waals surface area contributed by atoms with Crippen molar-refractivity contribution in [1.82, 2.24) is 15.1 Å². The maximum absolute atomic E-state index is 12.3. The molecule has 2 aromatic rings. The number of nitrogens with one attached hydrogen (secondary N) is 2. The molecule has 1 saturated heterocycles. The zero-order valence-electron chi connectivity index (χ0n) is 10.9. The van der Waals surface area contributed by atoms with E-state index in [1.807, 2.05) is 12.3 Å². The molecule has 0 saturated carbocycles. The molecule has 1 aliphatic heterocycles. The summed E-state index contributed by atoms with van der Waals surface area (Å²) in [6.45, 7) is 2.30. The number of benzene rings is 1. The van der Waals surface area contributed by atoms with Gasteiger partial charge in [0.1, 0.15) is 6.67 Å². The number of anilines is 1. The monoisotopic (exact) mass is 262 g/mol. The van der Waals surface area contributed by atoms with Crippen molar-refractivity contribution < 1.29 is 4.39 Å². The zero-order chi connectivity index (χ0) is 13.1. The molecule has 0 aliphatic carbocycles. The van der Waals surface area contributed by atoms with Crippen molar-refractivity contribution in [2.75, 3.05) is 31.6 Å². The quantitative estimate of drug-likeness (QED) is 0.889. The van der Waals surface area contributed by atoms with Gasteiger partial charge in [-0.3, -0.25) is 5.10 Å². The SMILES string of the molecule is FCCN1CCC(Nc2ccc3[nH]ncc3c2)CC1. The fourth-order valence-corrected chi connectivity index (χ4v) is 2.69. The molecule has 1 aliphatic rings. The van der Waals surface area contributed by atoms with Crippen molar-refractivity contribution in [2.45, 2.75) is 18.9 Å². The lowest BCUT2D eigenvalue weighted by Crippen LogP contribution is -2.39. The van der Waals surface area contributed by atoms with Crippen LogP contribution in [0, 0.1) is 0 Å². The Morgan fingerprint density at radius 3 is 3.00 bits per heavy atom. The van der Waals surface area contributed by atoms with Gasteiger partial charge >= 0.3 is 0 Å². The Hall–Kier alpha value is -1.62. The van der Waals surface area contributed by atoms with Crippen molar-refractivity contribution in [1.29, 1.82) is 0 Å². The summed E-state index contributed by atoms with van der Waals surface area (Å²) in [5.41, 5.74) is 2.20. The lowest BCUT2D eigenvalue weighted by molar-refractivity contribution is 0.203. The van der Waals surface area contributed by atoms with E-state index in [0.29, 0.717) is 12.6 Å². The van der Waals surface area contributed by atoms with Gasteiger partial charge in [0.05, 0.1) is 11.7 Å². The highest BCUT2D eigenvalue weighted by atomic mass is 19.1. The fraction of sp³-hybridized carbons (Fsp3) is 0.500. The maximum atomic E-state index is 12.3. The van der Waals surface area contributed by atoms with E-state index in [0.717, 1.165) is 42.5 Å². The summed E-state index contributed by atoms with van der Waals surface area (Å²) in [6, 6.07) is 6.73. The second kappa shape index (κ2) is 5.57. The third-order valence-electron chi connectivity index (χ3n) is 3.80. The topological polar surface area (TPSA) is 44.0 Å². The summed E-state index contributed by atoms with van der Waals surface area (Å²) >= 11 is 0. The molecule has 2 N–H and O–H groups in total. The highest BCUT2D eigenvalue weighted by Crippen LogP contribution is 2.20. The molecule has 102 valence electrons. The summed E-state index contributed by atoms with van der Waals surface area (Å²) in [7, 11) is 0. The molecule has 4 nitrogen and oxygen atoms in total. The normalized spacial score (nSPS) is 17.9. The summed E-state index contributed by atoms with van der Waals surface area (Å²) in [5, 5.41) is 11.7. The molecule has 0 spiro atoms. The van der Waals surface area contributed by atoms with E-state index in [2.05, 4.69) is 32.5 Å². The Balaban J connectivity index is 1.59. The van der Waals surface area contributed by atoms with Gasteiger partial charge in [0.25, 0.3) is 0 Å². The van der Waals surface area contributed by atoms with E-state index < -0.39 is 0 Å². The van der Waals surface area contributed by atoms with Crippen LogP contribution in [0.2, 0.25) is 0 Å². The van der Waals surface area contributed by atoms with Gasteiger partial charge in [-0.05, 0) is 31.0 Å². The van der Waals surface area contributed by atoms with Crippen LogP contribution in [0.1, 0.15) is 12.8 Å². The van der Waals surface area contributed by atoms with E-state index >= 15 is 0 Å². The van der Waals surface area contributed by atoms with Crippen molar-refractivity contribution in [3.05, 3.63) is 24.4 Å². The first kappa shape index (κ1) is 12.4. The predicted molar refractivity (Wildman–Crippen MR) is 75.2 cm³/mol. The van der Waals surface area contributed by atoms with E-state index in [-0.39, 0.29) is 6.67 Å². The molecule has 3 rings (SSSR count). The molecule has 0 bridgehead atoms. The minimum absolute atomic E-state index is 0.241. The number of rotatable bonds is 4. The number of hydrogen-bond acceptors (Lipinski definition) is 3. The van der Waals surface area contributed by atoms with Gasteiger partial charge in [0.15, 0.2) is 0 Å². The molecule has 1 aromatic carbocycles. The van der Waals surface area contributed by atoms with Crippen molar-refractivity contribution in [3.8, 4) is 0 Å². The molecule has 5 heteroatoms. The minimum Gasteiger partial charge on any atom is -0.382 e. The molecule has 2 heterocycles. The number of likely N-dealkylation sites (tertiary alicyclic amines) is 1. The molecule has 19 heavy (non-hydrogen) atoms. The van der Waals surface area contributed by atoms with Gasteiger partial charge in [-0.15, -0.1) is 0 Å². The maximum Gasteiger partial charge on any atom is 0.102 e. The van der Waals surface area contributed by atoms with E-state index in [9.17, 15) is 4.39 Å². The molecule has 0 amide bonds. The van der Waals surface area contributed by atoms with Crippen LogP contribution in [0.25, 0.3) is 10.9 Å². The van der Waals surface area contributed by atoms with Crippen LogP contribution in [0.3, 0.4) is 0 Å². The number of H-pyrrole nitrogens is 1. The largest absolute Gasteiger partial charge is 0.382 e. The highest BCUT2D eigenvalue weighted by Gasteiger charge is 2.18. The van der Waals surface area contributed by atoms with Crippen LogP contribution >= 0.6 is 0 Å². The lowest BCUT2D eigenvalue weighted by atomic mass is 10.0. The van der Waals surface area contributed by atoms with Crippen LogP contribution in [-0.4, -0.2) is 47.4 Å². The van der Waals surface area contributed by atoms with Crippen molar-refractivity contribution >= 4 is 16.6 Å². The molecule has 0 radical (unpaired) electrons. The third kappa shape index (κ3) is 2.87. The number of aromatic amines is 1. The molecular weight excluding hydrogens is 243 g/mol.